The van der Waals surface area contributed by atoms with Crippen molar-refractivity contribution in [3.8, 4) is 0 Å². The third-order valence-electron chi connectivity index (χ3n) is 2.86. The number of aromatic nitrogens is 1. The van der Waals surface area contributed by atoms with E-state index in [9.17, 15) is 4.79 Å². The third-order valence-corrected chi connectivity index (χ3v) is 5.12. The van der Waals surface area contributed by atoms with Gasteiger partial charge in [-0.15, -0.1) is 11.3 Å². The number of carbonyl (C=O) groups is 1. The predicted molar refractivity (Wildman–Crippen MR) is 66.4 cm³/mol. The van der Waals surface area contributed by atoms with Gasteiger partial charge in [0.05, 0.1) is 11.4 Å². The third kappa shape index (κ3) is 2.58. The predicted octanol–water partition coefficient (Wildman–Crippen LogP) is 3.15. The lowest BCUT2D eigenvalue weighted by Crippen LogP contribution is -2.07. The van der Waals surface area contributed by atoms with Crippen LogP contribution < -0.4 is 0 Å². The van der Waals surface area contributed by atoms with Gasteiger partial charge in [-0.25, -0.2) is 4.98 Å². The van der Waals surface area contributed by atoms with Crippen LogP contribution in [0.4, 0.5) is 0 Å². The number of carboxylic acid groups (broad SMARTS) is 1. The average molecular weight is 257 g/mol. The molecule has 1 atom stereocenters. The van der Waals surface area contributed by atoms with E-state index in [1.54, 1.807) is 11.3 Å². The minimum absolute atomic E-state index is 0.114. The molecule has 0 fully saturated rings. The van der Waals surface area contributed by atoms with Gasteiger partial charge in [-0.05, 0) is 25.7 Å². The largest absolute Gasteiger partial charge is 0.481 e. The van der Waals surface area contributed by atoms with Crippen molar-refractivity contribution in [3.05, 3.63) is 10.6 Å². The number of thioether (sulfide) groups is 1. The van der Waals surface area contributed by atoms with Crippen molar-refractivity contribution >= 4 is 29.1 Å². The second-order valence-corrected chi connectivity index (χ2v) is 6.27. The lowest BCUT2D eigenvalue weighted by atomic mass is 9.89. The van der Waals surface area contributed by atoms with Gasteiger partial charge >= 0.3 is 5.97 Å². The van der Waals surface area contributed by atoms with Gasteiger partial charge in [0, 0.05) is 10.8 Å². The molecular weight excluding hydrogens is 242 g/mol. The number of aryl methyl sites for hydroxylation is 1. The SMILES string of the molecule is CCC1CCCc2sc(SCC(=O)O)nc21. The quantitative estimate of drug-likeness (QED) is 0.842. The number of hydrogen-bond acceptors (Lipinski definition) is 4. The molecule has 0 saturated heterocycles. The highest BCUT2D eigenvalue weighted by Crippen LogP contribution is 2.39. The van der Waals surface area contributed by atoms with E-state index in [-0.39, 0.29) is 5.75 Å². The van der Waals surface area contributed by atoms with Gasteiger partial charge in [0.25, 0.3) is 0 Å². The summed E-state index contributed by atoms with van der Waals surface area (Å²) in [4.78, 5) is 16.5. The Hall–Kier alpha value is -0.550. The Bertz CT molecular complexity index is 389. The van der Waals surface area contributed by atoms with Crippen LogP contribution in [0.5, 0.6) is 0 Å². The molecule has 0 aromatic carbocycles. The van der Waals surface area contributed by atoms with Crippen LogP contribution in [0, 0.1) is 0 Å². The number of rotatable bonds is 4. The molecule has 1 heterocycles. The molecule has 0 spiro atoms. The molecule has 88 valence electrons. The Morgan fingerprint density at radius 2 is 2.50 bits per heavy atom. The molecule has 1 unspecified atom stereocenters. The van der Waals surface area contributed by atoms with Crippen LogP contribution in [0.25, 0.3) is 0 Å². The van der Waals surface area contributed by atoms with E-state index in [4.69, 9.17) is 5.11 Å². The van der Waals surface area contributed by atoms with Crippen molar-refractivity contribution in [3.63, 3.8) is 0 Å². The highest BCUT2D eigenvalue weighted by molar-refractivity contribution is 8.01. The van der Waals surface area contributed by atoms with E-state index in [1.165, 1.54) is 35.2 Å². The van der Waals surface area contributed by atoms with Gasteiger partial charge in [0.1, 0.15) is 0 Å². The number of aliphatic carboxylic acids is 1. The van der Waals surface area contributed by atoms with Crippen molar-refractivity contribution in [2.75, 3.05) is 5.75 Å². The van der Waals surface area contributed by atoms with E-state index >= 15 is 0 Å². The zero-order valence-corrected chi connectivity index (χ0v) is 10.9. The van der Waals surface area contributed by atoms with Crippen LogP contribution in [0.2, 0.25) is 0 Å². The van der Waals surface area contributed by atoms with Crippen LogP contribution in [0.1, 0.15) is 42.7 Å². The van der Waals surface area contributed by atoms with Crippen molar-refractivity contribution in [1.82, 2.24) is 4.98 Å². The van der Waals surface area contributed by atoms with E-state index in [0.717, 1.165) is 17.2 Å². The second kappa shape index (κ2) is 5.19. The maximum atomic E-state index is 10.5. The molecule has 1 aliphatic carbocycles. The summed E-state index contributed by atoms with van der Waals surface area (Å²) in [5.41, 5.74) is 1.24. The zero-order valence-electron chi connectivity index (χ0n) is 9.23. The molecule has 0 amide bonds. The van der Waals surface area contributed by atoms with E-state index in [1.807, 2.05) is 0 Å². The fourth-order valence-corrected chi connectivity index (χ4v) is 4.11. The van der Waals surface area contributed by atoms with Gasteiger partial charge in [-0.1, -0.05) is 18.7 Å². The smallest absolute Gasteiger partial charge is 0.313 e. The van der Waals surface area contributed by atoms with Gasteiger partial charge in [-0.3, -0.25) is 4.79 Å². The fraction of sp³-hybridized carbons (Fsp3) is 0.636. The maximum absolute atomic E-state index is 10.5. The summed E-state index contributed by atoms with van der Waals surface area (Å²) in [7, 11) is 0. The normalized spacial score (nSPS) is 19.4. The van der Waals surface area contributed by atoms with Crippen LogP contribution in [0.3, 0.4) is 0 Å². The number of hydrogen-bond donors (Lipinski definition) is 1. The van der Waals surface area contributed by atoms with Gasteiger partial charge in [-0.2, -0.15) is 0 Å². The first-order chi connectivity index (χ1) is 7.70. The molecule has 1 aromatic rings. The summed E-state index contributed by atoms with van der Waals surface area (Å²) in [6.45, 7) is 2.20. The minimum Gasteiger partial charge on any atom is -0.481 e. The molecule has 0 aliphatic heterocycles. The van der Waals surface area contributed by atoms with Gasteiger partial charge < -0.3 is 5.11 Å². The van der Waals surface area contributed by atoms with Gasteiger partial charge in [0.15, 0.2) is 4.34 Å². The van der Waals surface area contributed by atoms with Crippen LogP contribution >= 0.6 is 23.1 Å². The van der Waals surface area contributed by atoms with Crippen molar-refractivity contribution in [2.24, 2.45) is 0 Å². The molecular formula is C11H15NO2S2. The number of nitrogens with zero attached hydrogens (tertiary/aromatic N) is 1. The Morgan fingerprint density at radius 3 is 3.19 bits per heavy atom. The lowest BCUT2D eigenvalue weighted by Gasteiger charge is -2.18. The Labute approximate surface area is 103 Å². The molecule has 2 rings (SSSR count). The molecule has 3 nitrogen and oxygen atoms in total. The monoisotopic (exact) mass is 257 g/mol. The first-order valence-corrected chi connectivity index (χ1v) is 7.35. The van der Waals surface area contributed by atoms with E-state index in [2.05, 4.69) is 11.9 Å². The van der Waals surface area contributed by atoms with Crippen molar-refractivity contribution in [1.29, 1.82) is 0 Å². The molecule has 0 radical (unpaired) electrons. The topological polar surface area (TPSA) is 50.2 Å². The Kier molecular flexibility index (Phi) is 3.86. The van der Waals surface area contributed by atoms with Gasteiger partial charge in [0.2, 0.25) is 0 Å². The second-order valence-electron chi connectivity index (χ2n) is 3.97. The molecule has 5 heteroatoms. The summed E-state index contributed by atoms with van der Waals surface area (Å²) in [5, 5.41) is 8.63. The molecule has 0 saturated carbocycles. The number of carboxylic acids is 1. The highest BCUT2D eigenvalue weighted by atomic mass is 32.2. The molecule has 1 N–H and O–H groups in total. The fourth-order valence-electron chi connectivity index (χ4n) is 2.07. The van der Waals surface area contributed by atoms with Crippen LogP contribution in [-0.4, -0.2) is 21.8 Å². The average Bonchev–Trinajstić information content (AvgIpc) is 2.68. The summed E-state index contributed by atoms with van der Waals surface area (Å²) >= 11 is 3.03. The summed E-state index contributed by atoms with van der Waals surface area (Å²) in [6.07, 6.45) is 4.74. The number of thiazole rings is 1. The molecule has 0 bridgehead atoms. The van der Waals surface area contributed by atoms with Crippen molar-refractivity contribution in [2.45, 2.75) is 42.9 Å². The molecule has 1 aromatic heterocycles. The summed E-state index contributed by atoms with van der Waals surface area (Å²) in [5.74, 6) is -0.0622. The first-order valence-electron chi connectivity index (χ1n) is 5.55. The lowest BCUT2D eigenvalue weighted by molar-refractivity contribution is -0.133. The first kappa shape index (κ1) is 11.9. The zero-order chi connectivity index (χ0) is 11.5. The minimum atomic E-state index is -0.773. The summed E-state index contributed by atoms with van der Waals surface area (Å²) in [6, 6.07) is 0. The Morgan fingerprint density at radius 1 is 1.69 bits per heavy atom. The van der Waals surface area contributed by atoms with E-state index in [0.29, 0.717) is 5.92 Å². The molecule has 1 aliphatic rings. The maximum Gasteiger partial charge on any atom is 0.313 e. The highest BCUT2D eigenvalue weighted by Gasteiger charge is 2.23. The standard InChI is InChI=1S/C11H15NO2S2/c1-2-7-4-3-5-8-10(7)12-11(16-8)15-6-9(13)14/h7H,2-6H2,1H3,(H,13,14). The number of fused-ring (bicyclic) bond motifs is 1. The van der Waals surface area contributed by atoms with Crippen molar-refractivity contribution < 1.29 is 9.90 Å². The van der Waals surface area contributed by atoms with Crippen LogP contribution in [-0.2, 0) is 11.2 Å². The van der Waals surface area contributed by atoms with E-state index < -0.39 is 5.97 Å². The molecule has 16 heavy (non-hydrogen) atoms. The Balaban J connectivity index is 2.12. The van der Waals surface area contributed by atoms with Crippen LogP contribution in [0.15, 0.2) is 4.34 Å². The summed E-state index contributed by atoms with van der Waals surface area (Å²) < 4.78 is 0.924.